The van der Waals surface area contributed by atoms with Gasteiger partial charge in [0.05, 0.1) is 31.4 Å². The highest BCUT2D eigenvalue weighted by atomic mass is 32.2. The molecule has 0 saturated heterocycles. The van der Waals surface area contributed by atoms with Crippen LogP contribution in [0, 0.1) is 0 Å². The van der Waals surface area contributed by atoms with E-state index in [1.54, 1.807) is 42.9 Å². The summed E-state index contributed by atoms with van der Waals surface area (Å²) in [6.45, 7) is 9.28. The van der Waals surface area contributed by atoms with Gasteiger partial charge in [-0.3, -0.25) is 4.79 Å². The van der Waals surface area contributed by atoms with E-state index in [1.807, 2.05) is 54.0 Å². The fraction of sp³-hybridized carbons (Fsp3) is 0.314. The predicted octanol–water partition coefficient (Wildman–Crippen LogP) is 7.12. The number of hydrogen-bond donors (Lipinski definition) is 1. The van der Waals surface area contributed by atoms with Crippen molar-refractivity contribution in [3.63, 3.8) is 0 Å². The minimum Gasteiger partial charge on any atom is -0.611 e. The van der Waals surface area contributed by atoms with Crippen molar-refractivity contribution >= 4 is 28.8 Å². The minimum absolute atomic E-state index is 0.278. The predicted molar refractivity (Wildman–Crippen MR) is 176 cm³/mol. The molecule has 0 aliphatic heterocycles. The van der Waals surface area contributed by atoms with Gasteiger partial charge in [0.15, 0.2) is 10.6 Å². The number of aromatic nitrogens is 2. The van der Waals surface area contributed by atoms with Gasteiger partial charge >= 0.3 is 0 Å². The van der Waals surface area contributed by atoms with E-state index < -0.39 is 11.2 Å². The fourth-order valence-corrected chi connectivity index (χ4v) is 5.64. The standard InChI is InChI=1S/C35H41N3O5S/c1-4-19-38-26-36-24-31(38)25-44(40)33-15-11-30(12-16-33)37-35(39)18-10-29-23-28(9-17-34(29)42-6-3)27-7-13-32(14-8-27)43-22-21-41-20-5-2/h7-18,23-24,26H,4-6,19-22,25H2,1-3H3,(H,37,39)/b18-10+. The molecule has 1 heterocycles. The molecule has 1 unspecified atom stereocenters. The Kier molecular flexibility index (Phi) is 12.9. The van der Waals surface area contributed by atoms with E-state index in [0.29, 0.717) is 41.9 Å². The average molecular weight is 616 g/mol. The number of anilines is 1. The highest BCUT2D eigenvalue weighted by molar-refractivity contribution is 7.90. The molecule has 3 aromatic carbocycles. The molecular weight excluding hydrogens is 574 g/mol. The van der Waals surface area contributed by atoms with E-state index in [4.69, 9.17) is 14.2 Å². The van der Waals surface area contributed by atoms with Gasteiger partial charge in [-0.1, -0.05) is 32.0 Å². The largest absolute Gasteiger partial charge is 0.611 e. The Balaban J connectivity index is 1.37. The lowest BCUT2D eigenvalue weighted by molar-refractivity contribution is -0.111. The number of benzene rings is 3. The Bertz CT molecular complexity index is 1490. The summed E-state index contributed by atoms with van der Waals surface area (Å²) in [4.78, 5) is 17.7. The topological polar surface area (TPSA) is 97.7 Å². The molecule has 0 bridgehead atoms. The lowest BCUT2D eigenvalue weighted by atomic mass is 10.0. The van der Waals surface area contributed by atoms with Gasteiger partial charge in [0.2, 0.25) is 5.91 Å². The monoisotopic (exact) mass is 615 g/mol. The van der Waals surface area contributed by atoms with Gasteiger partial charge in [-0.15, -0.1) is 0 Å². The van der Waals surface area contributed by atoms with Crippen LogP contribution in [0.3, 0.4) is 0 Å². The molecule has 4 rings (SSSR count). The van der Waals surface area contributed by atoms with Crippen molar-refractivity contribution in [3.8, 4) is 22.6 Å². The highest BCUT2D eigenvalue weighted by Crippen LogP contribution is 2.29. The summed E-state index contributed by atoms with van der Waals surface area (Å²) in [7, 11) is 0. The molecule has 0 radical (unpaired) electrons. The van der Waals surface area contributed by atoms with Gasteiger partial charge in [-0.2, -0.15) is 0 Å². The zero-order valence-corrected chi connectivity index (χ0v) is 26.5. The fourth-order valence-electron chi connectivity index (χ4n) is 4.52. The van der Waals surface area contributed by atoms with Gasteiger partial charge in [-0.25, -0.2) is 4.98 Å². The summed E-state index contributed by atoms with van der Waals surface area (Å²) >= 11 is -1.22. The SMILES string of the molecule is CCCOCCOc1ccc(-c2ccc(OCC)c(/C=C/C(=O)Nc3ccc([S+]([O-])Cc4cncn4CCC)cc3)c2)cc1. The number of rotatable bonds is 17. The second-order valence-electron chi connectivity index (χ2n) is 10.1. The molecule has 1 amide bonds. The normalized spacial score (nSPS) is 11.9. The summed E-state index contributed by atoms with van der Waals surface area (Å²) in [6, 6.07) is 20.9. The van der Waals surface area contributed by atoms with Crippen LogP contribution < -0.4 is 14.8 Å². The van der Waals surface area contributed by atoms with Crippen molar-refractivity contribution in [2.75, 3.05) is 31.7 Å². The minimum atomic E-state index is -1.22. The first-order valence-electron chi connectivity index (χ1n) is 15.0. The summed E-state index contributed by atoms with van der Waals surface area (Å²) in [5, 5.41) is 2.88. The van der Waals surface area contributed by atoms with Crippen molar-refractivity contribution in [1.82, 2.24) is 9.55 Å². The molecule has 1 aromatic heterocycles. The molecule has 0 saturated carbocycles. The molecule has 0 fully saturated rings. The van der Waals surface area contributed by atoms with Crippen LogP contribution in [-0.4, -0.2) is 46.4 Å². The Labute approximate surface area is 263 Å². The van der Waals surface area contributed by atoms with Crippen molar-refractivity contribution < 1.29 is 23.6 Å². The molecule has 0 spiro atoms. The Morgan fingerprint density at radius 2 is 1.70 bits per heavy atom. The van der Waals surface area contributed by atoms with Gasteiger partial charge in [-0.05, 0) is 96.7 Å². The number of imidazole rings is 1. The number of aryl methyl sites for hydroxylation is 1. The van der Waals surface area contributed by atoms with Crippen LogP contribution in [0.2, 0.25) is 0 Å². The van der Waals surface area contributed by atoms with Crippen LogP contribution in [0.5, 0.6) is 11.5 Å². The van der Waals surface area contributed by atoms with E-state index in [0.717, 1.165) is 54.1 Å². The van der Waals surface area contributed by atoms with E-state index >= 15 is 0 Å². The van der Waals surface area contributed by atoms with Crippen molar-refractivity contribution in [2.24, 2.45) is 0 Å². The van der Waals surface area contributed by atoms with Crippen LogP contribution in [0.1, 0.15) is 44.9 Å². The zero-order valence-electron chi connectivity index (χ0n) is 25.7. The van der Waals surface area contributed by atoms with Crippen LogP contribution >= 0.6 is 0 Å². The molecule has 1 atom stereocenters. The van der Waals surface area contributed by atoms with Crippen LogP contribution in [0.4, 0.5) is 5.69 Å². The average Bonchev–Trinajstić information content (AvgIpc) is 3.47. The quantitative estimate of drug-likeness (QED) is 0.0772. The molecular formula is C35H41N3O5S. The first-order chi connectivity index (χ1) is 21.5. The zero-order chi connectivity index (χ0) is 31.1. The van der Waals surface area contributed by atoms with Gasteiger partial charge in [0.1, 0.15) is 18.1 Å². The molecule has 8 nitrogen and oxygen atoms in total. The van der Waals surface area contributed by atoms with E-state index in [9.17, 15) is 9.35 Å². The first kappa shape index (κ1) is 32.9. The van der Waals surface area contributed by atoms with Crippen molar-refractivity contribution in [1.29, 1.82) is 0 Å². The maximum absolute atomic E-state index is 12.9. The molecule has 1 N–H and O–H groups in total. The van der Waals surface area contributed by atoms with E-state index in [2.05, 4.69) is 24.1 Å². The number of nitrogens with zero attached hydrogens (tertiary/aromatic N) is 2. The Morgan fingerprint density at radius 1 is 0.932 bits per heavy atom. The number of carbonyl (C=O) groups is 1. The van der Waals surface area contributed by atoms with Crippen LogP contribution in [0.25, 0.3) is 17.2 Å². The number of ether oxygens (including phenoxy) is 3. The number of amides is 1. The van der Waals surface area contributed by atoms with Gasteiger partial charge in [0.25, 0.3) is 0 Å². The maximum atomic E-state index is 12.9. The third-order valence-corrected chi connectivity index (χ3v) is 8.04. The number of carbonyl (C=O) groups excluding carboxylic acids is 1. The van der Waals surface area contributed by atoms with Gasteiger partial charge in [0, 0.05) is 30.5 Å². The second-order valence-corrected chi connectivity index (χ2v) is 11.5. The van der Waals surface area contributed by atoms with E-state index in [1.165, 1.54) is 6.08 Å². The van der Waals surface area contributed by atoms with Crippen LogP contribution in [-0.2, 0) is 33.0 Å². The number of hydrogen-bond acceptors (Lipinski definition) is 6. The summed E-state index contributed by atoms with van der Waals surface area (Å²) in [5.74, 6) is 1.59. The second kappa shape index (κ2) is 17.3. The smallest absolute Gasteiger partial charge is 0.248 e. The molecule has 0 aliphatic carbocycles. The summed E-state index contributed by atoms with van der Waals surface area (Å²) in [5.41, 5.74) is 4.37. The number of nitrogens with one attached hydrogen (secondary N) is 1. The summed E-state index contributed by atoms with van der Waals surface area (Å²) < 4.78 is 32.0. The van der Waals surface area contributed by atoms with Crippen LogP contribution in [0.15, 0.2) is 90.2 Å². The summed E-state index contributed by atoms with van der Waals surface area (Å²) in [6.07, 6.45) is 8.75. The van der Waals surface area contributed by atoms with Gasteiger partial charge < -0.3 is 28.6 Å². The molecule has 232 valence electrons. The molecule has 0 aliphatic rings. The van der Waals surface area contributed by atoms with Crippen molar-refractivity contribution in [2.45, 2.75) is 50.8 Å². The maximum Gasteiger partial charge on any atom is 0.248 e. The lowest BCUT2D eigenvalue weighted by Gasteiger charge is -2.12. The lowest BCUT2D eigenvalue weighted by Crippen LogP contribution is -2.11. The Morgan fingerprint density at radius 3 is 2.43 bits per heavy atom. The molecule has 4 aromatic rings. The molecule has 44 heavy (non-hydrogen) atoms. The first-order valence-corrected chi connectivity index (χ1v) is 16.4. The Hall–Kier alpha value is -4.05. The van der Waals surface area contributed by atoms with Crippen molar-refractivity contribution in [3.05, 3.63) is 96.6 Å². The third kappa shape index (κ3) is 9.74. The van der Waals surface area contributed by atoms with E-state index in [-0.39, 0.29) is 5.91 Å². The third-order valence-electron chi connectivity index (χ3n) is 6.68. The highest BCUT2D eigenvalue weighted by Gasteiger charge is 2.15. The molecule has 9 heteroatoms.